The quantitative estimate of drug-likeness (QED) is 0.736. The van der Waals surface area contributed by atoms with Crippen LogP contribution in [0.4, 0.5) is 11.4 Å². The zero-order valence-corrected chi connectivity index (χ0v) is 12.3. The van der Waals surface area contributed by atoms with Crippen molar-refractivity contribution in [2.24, 2.45) is 0 Å². The Kier molecular flexibility index (Phi) is 4.77. The summed E-state index contributed by atoms with van der Waals surface area (Å²) in [5.41, 5.74) is 10.0. The molecule has 21 heavy (non-hydrogen) atoms. The molecule has 110 valence electrons. The molecule has 0 aliphatic rings. The zero-order valence-electron chi connectivity index (χ0n) is 12.3. The van der Waals surface area contributed by atoms with E-state index < -0.39 is 0 Å². The molecule has 1 heterocycles. The van der Waals surface area contributed by atoms with Crippen LogP contribution in [-0.4, -0.2) is 17.4 Å². The number of nitrogens with zero attached hydrogens (tertiary/aromatic N) is 1. The van der Waals surface area contributed by atoms with Gasteiger partial charge in [-0.1, -0.05) is 6.07 Å². The first-order valence-corrected chi connectivity index (χ1v) is 6.94. The van der Waals surface area contributed by atoms with Crippen molar-refractivity contribution in [3.8, 4) is 0 Å². The number of pyridine rings is 1. The minimum Gasteiger partial charge on any atom is -0.397 e. The van der Waals surface area contributed by atoms with E-state index in [0.29, 0.717) is 24.3 Å². The Morgan fingerprint density at radius 2 is 2.14 bits per heavy atom. The van der Waals surface area contributed by atoms with E-state index in [4.69, 9.17) is 5.73 Å². The first kappa shape index (κ1) is 14.8. The number of nitrogen functional groups attached to an aromatic ring is 1. The Hall–Kier alpha value is -2.56. The number of hydrogen-bond acceptors (Lipinski definition) is 4. The normalized spacial score (nSPS) is 10.2. The fraction of sp³-hybridized carbons (Fsp3) is 0.250. The van der Waals surface area contributed by atoms with Crippen molar-refractivity contribution in [1.82, 2.24) is 10.3 Å². The third-order valence-corrected chi connectivity index (χ3v) is 3.22. The Balaban J connectivity index is 2.08. The van der Waals surface area contributed by atoms with Gasteiger partial charge >= 0.3 is 0 Å². The molecule has 0 radical (unpaired) electrons. The van der Waals surface area contributed by atoms with Gasteiger partial charge in [-0.2, -0.15) is 0 Å². The fourth-order valence-corrected chi connectivity index (χ4v) is 2.01. The molecule has 0 saturated heterocycles. The number of carbonyl (C=O) groups is 1. The van der Waals surface area contributed by atoms with Gasteiger partial charge in [0.25, 0.3) is 5.91 Å². The highest BCUT2D eigenvalue weighted by Gasteiger charge is 2.07. The zero-order chi connectivity index (χ0) is 15.2. The Morgan fingerprint density at radius 1 is 1.33 bits per heavy atom. The lowest BCUT2D eigenvalue weighted by atomic mass is 10.1. The largest absolute Gasteiger partial charge is 0.397 e. The Labute approximate surface area is 124 Å². The summed E-state index contributed by atoms with van der Waals surface area (Å²) in [6.45, 7) is 5.09. The van der Waals surface area contributed by atoms with Crippen molar-refractivity contribution in [3.63, 3.8) is 0 Å². The van der Waals surface area contributed by atoms with Crippen molar-refractivity contribution >= 4 is 17.3 Å². The molecule has 0 fully saturated rings. The predicted octanol–water partition coefficient (Wildman–Crippen LogP) is 2.33. The number of amides is 1. The lowest BCUT2D eigenvalue weighted by Gasteiger charge is -2.11. The summed E-state index contributed by atoms with van der Waals surface area (Å²) in [6.07, 6.45) is 1.77. The highest BCUT2D eigenvalue weighted by atomic mass is 16.1. The van der Waals surface area contributed by atoms with Crippen LogP contribution >= 0.6 is 0 Å². The molecule has 1 amide bonds. The van der Waals surface area contributed by atoms with E-state index in [1.807, 2.05) is 32.0 Å². The fourth-order valence-electron chi connectivity index (χ4n) is 2.01. The second-order valence-electron chi connectivity index (χ2n) is 4.78. The highest BCUT2D eigenvalue weighted by Crippen LogP contribution is 2.21. The summed E-state index contributed by atoms with van der Waals surface area (Å²) in [4.78, 5) is 16.1. The van der Waals surface area contributed by atoms with Crippen LogP contribution in [0, 0.1) is 6.92 Å². The SMILES string of the molecule is CCNC(=O)c1ccc(NCc2ncccc2C)c(N)c1. The smallest absolute Gasteiger partial charge is 0.251 e. The van der Waals surface area contributed by atoms with Crippen molar-refractivity contribution in [2.75, 3.05) is 17.6 Å². The van der Waals surface area contributed by atoms with Crippen molar-refractivity contribution in [3.05, 3.63) is 53.3 Å². The topological polar surface area (TPSA) is 80.0 Å². The van der Waals surface area contributed by atoms with Crippen molar-refractivity contribution in [1.29, 1.82) is 0 Å². The molecular weight excluding hydrogens is 264 g/mol. The molecule has 2 aromatic rings. The van der Waals surface area contributed by atoms with Gasteiger partial charge in [-0.3, -0.25) is 9.78 Å². The number of carbonyl (C=O) groups excluding carboxylic acids is 1. The number of nitrogens with two attached hydrogens (primary N) is 1. The van der Waals surface area contributed by atoms with E-state index in [9.17, 15) is 4.79 Å². The van der Waals surface area contributed by atoms with Gasteiger partial charge < -0.3 is 16.4 Å². The molecule has 0 spiro atoms. The van der Waals surface area contributed by atoms with E-state index in [1.54, 1.807) is 18.3 Å². The number of nitrogens with one attached hydrogen (secondary N) is 2. The molecule has 4 N–H and O–H groups in total. The third kappa shape index (κ3) is 3.72. The minimum atomic E-state index is -0.115. The highest BCUT2D eigenvalue weighted by molar-refractivity contribution is 5.96. The van der Waals surface area contributed by atoms with Crippen molar-refractivity contribution in [2.45, 2.75) is 20.4 Å². The lowest BCUT2D eigenvalue weighted by molar-refractivity contribution is 0.0956. The molecule has 1 aromatic carbocycles. The number of aryl methyl sites for hydroxylation is 1. The van der Waals surface area contributed by atoms with Crippen LogP contribution in [0.25, 0.3) is 0 Å². The number of rotatable bonds is 5. The molecule has 0 saturated carbocycles. The first-order valence-electron chi connectivity index (χ1n) is 6.94. The molecule has 2 rings (SSSR count). The van der Waals surface area contributed by atoms with Gasteiger partial charge in [-0.25, -0.2) is 0 Å². The van der Waals surface area contributed by atoms with Gasteiger partial charge in [-0.05, 0) is 43.7 Å². The second kappa shape index (κ2) is 6.74. The minimum absolute atomic E-state index is 0.115. The van der Waals surface area contributed by atoms with E-state index in [-0.39, 0.29) is 5.91 Å². The van der Waals surface area contributed by atoms with Crippen LogP contribution in [0.15, 0.2) is 36.5 Å². The summed E-state index contributed by atoms with van der Waals surface area (Å²) in [6, 6.07) is 9.19. The van der Waals surface area contributed by atoms with Crippen LogP contribution in [-0.2, 0) is 6.54 Å². The lowest BCUT2D eigenvalue weighted by Crippen LogP contribution is -2.22. The molecule has 0 atom stereocenters. The number of aromatic nitrogens is 1. The van der Waals surface area contributed by atoms with Crippen molar-refractivity contribution < 1.29 is 4.79 Å². The summed E-state index contributed by atoms with van der Waals surface area (Å²) in [7, 11) is 0. The average Bonchev–Trinajstić information content (AvgIpc) is 2.47. The standard InChI is InChI=1S/C16H20N4O/c1-3-18-16(21)12-6-7-14(13(17)9-12)20-10-15-11(2)5-4-8-19-15/h4-9,20H,3,10,17H2,1-2H3,(H,18,21). The third-order valence-electron chi connectivity index (χ3n) is 3.22. The van der Waals surface area contributed by atoms with Gasteiger partial charge in [0.2, 0.25) is 0 Å². The molecule has 0 bridgehead atoms. The first-order chi connectivity index (χ1) is 10.1. The van der Waals surface area contributed by atoms with Gasteiger partial charge in [0.15, 0.2) is 0 Å². The Morgan fingerprint density at radius 3 is 2.81 bits per heavy atom. The monoisotopic (exact) mass is 284 g/mol. The predicted molar refractivity (Wildman–Crippen MR) is 85.2 cm³/mol. The Bertz CT molecular complexity index is 640. The summed E-state index contributed by atoms with van der Waals surface area (Å²) >= 11 is 0. The number of anilines is 2. The summed E-state index contributed by atoms with van der Waals surface area (Å²) in [5.74, 6) is -0.115. The van der Waals surface area contributed by atoms with Gasteiger partial charge in [0, 0.05) is 18.3 Å². The maximum Gasteiger partial charge on any atom is 0.251 e. The van der Waals surface area contributed by atoms with E-state index >= 15 is 0 Å². The van der Waals surface area contributed by atoms with Crippen LogP contribution in [0.3, 0.4) is 0 Å². The van der Waals surface area contributed by atoms with E-state index in [2.05, 4.69) is 15.6 Å². The molecule has 5 heteroatoms. The van der Waals surface area contributed by atoms with Crippen LogP contribution in [0.5, 0.6) is 0 Å². The summed E-state index contributed by atoms with van der Waals surface area (Å²) in [5, 5.41) is 6.00. The summed E-state index contributed by atoms with van der Waals surface area (Å²) < 4.78 is 0. The van der Waals surface area contributed by atoms with E-state index in [0.717, 1.165) is 16.9 Å². The number of benzene rings is 1. The molecule has 5 nitrogen and oxygen atoms in total. The van der Waals surface area contributed by atoms with Gasteiger partial charge in [-0.15, -0.1) is 0 Å². The van der Waals surface area contributed by atoms with Gasteiger partial charge in [0.05, 0.1) is 23.6 Å². The van der Waals surface area contributed by atoms with Crippen LogP contribution in [0.2, 0.25) is 0 Å². The maximum absolute atomic E-state index is 11.7. The molecule has 0 unspecified atom stereocenters. The molecule has 0 aliphatic heterocycles. The van der Waals surface area contributed by atoms with Crippen LogP contribution in [0.1, 0.15) is 28.5 Å². The van der Waals surface area contributed by atoms with E-state index in [1.165, 1.54) is 0 Å². The molecule has 1 aromatic heterocycles. The second-order valence-corrected chi connectivity index (χ2v) is 4.78. The average molecular weight is 284 g/mol. The number of hydrogen-bond donors (Lipinski definition) is 3. The maximum atomic E-state index is 11.7. The van der Waals surface area contributed by atoms with Gasteiger partial charge in [0.1, 0.15) is 0 Å². The van der Waals surface area contributed by atoms with Crippen LogP contribution < -0.4 is 16.4 Å². The molecular formula is C16H20N4O. The molecule has 0 aliphatic carbocycles.